The highest BCUT2D eigenvalue weighted by molar-refractivity contribution is 7.09. The van der Waals surface area contributed by atoms with Crippen molar-refractivity contribution in [1.29, 1.82) is 0 Å². The summed E-state index contributed by atoms with van der Waals surface area (Å²) in [5.74, 6) is 1.74. The lowest BCUT2D eigenvalue weighted by atomic mass is 10.1. The molecule has 0 bridgehead atoms. The lowest BCUT2D eigenvalue weighted by molar-refractivity contribution is 0.171. The van der Waals surface area contributed by atoms with Crippen LogP contribution in [0.4, 0.5) is 0 Å². The first-order valence-electron chi connectivity index (χ1n) is 7.42. The van der Waals surface area contributed by atoms with Gasteiger partial charge in [-0.05, 0) is 37.1 Å². The smallest absolute Gasteiger partial charge is 0.161 e. The number of rotatable bonds is 3. The topological polar surface area (TPSA) is 34.6 Å². The van der Waals surface area contributed by atoms with Crippen molar-refractivity contribution in [3.05, 3.63) is 40.3 Å². The van der Waals surface area contributed by atoms with Crippen molar-refractivity contribution in [2.45, 2.75) is 25.4 Å². The quantitative estimate of drug-likeness (QED) is 0.871. The molecule has 0 spiro atoms. The first-order chi connectivity index (χ1) is 10.4. The Morgan fingerprint density at radius 2 is 2.14 bits per heavy atom. The number of fused-ring (bicyclic) bond motifs is 1. The van der Waals surface area contributed by atoms with Crippen LogP contribution in [0.5, 0.6) is 11.5 Å². The van der Waals surface area contributed by atoms with Gasteiger partial charge in [0.25, 0.3) is 0 Å². The minimum Gasteiger partial charge on any atom is -0.486 e. The van der Waals surface area contributed by atoms with Crippen LogP contribution in [0.2, 0.25) is 0 Å². The van der Waals surface area contributed by atoms with Crippen LogP contribution < -0.4 is 9.47 Å². The second kappa shape index (κ2) is 5.66. The van der Waals surface area contributed by atoms with Crippen LogP contribution >= 0.6 is 11.3 Å². The Bertz CT molecular complexity index is 615. The standard InChI is InChI=1S/C16H18N2O2S/c1-2-13(16-17-5-9-21-16)18(6-1)11-12-3-4-14-15(10-12)20-8-7-19-14/h3-5,9-10,13H,1-2,6-8,11H2/t13-/m0/s1. The second-order valence-electron chi connectivity index (χ2n) is 5.48. The van der Waals surface area contributed by atoms with Gasteiger partial charge >= 0.3 is 0 Å². The summed E-state index contributed by atoms with van der Waals surface area (Å²) in [7, 11) is 0. The van der Waals surface area contributed by atoms with Gasteiger partial charge in [0.1, 0.15) is 18.2 Å². The largest absolute Gasteiger partial charge is 0.486 e. The normalized spacial score (nSPS) is 21.6. The predicted octanol–water partition coefficient (Wildman–Crippen LogP) is 3.25. The van der Waals surface area contributed by atoms with Crippen LogP contribution in [0.25, 0.3) is 0 Å². The third-order valence-electron chi connectivity index (χ3n) is 4.09. The molecule has 110 valence electrons. The van der Waals surface area contributed by atoms with E-state index in [1.807, 2.05) is 12.3 Å². The third-order valence-corrected chi connectivity index (χ3v) is 4.97. The van der Waals surface area contributed by atoms with Gasteiger partial charge in [0.05, 0.1) is 6.04 Å². The Hall–Kier alpha value is -1.59. The average molecular weight is 302 g/mol. The van der Waals surface area contributed by atoms with Crippen LogP contribution in [0.15, 0.2) is 29.8 Å². The Balaban J connectivity index is 1.52. The molecule has 0 saturated carbocycles. The van der Waals surface area contributed by atoms with Gasteiger partial charge in [-0.3, -0.25) is 4.90 Å². The van der Waals surface area contributed by atoms with Gasteiger partial charge < -0.3 is 9.47 Å². The number of likely N-dealkylation sites (tertiary alicyclic amines) is 1. The van der Waals surface area contributed by atoms with Crippen molar-refractivity contribution < 1.29 is 9.47 Å². The van der Waals surface area contributed by atoms with E-state index in [1.54, 1.807) is 11.3 Å². The van der Waals surface area contributed by atoms with Crippen LogP contribution in [0, 0.1) is 0 Å². The Morgan fingerprint density at radius 3 is 3.00 bits per heavy atom. The molecule has 2 aromatic rings. The number of hydrogen-bond acceptors (Lipinski definition) is 5. The highest BCUT2D eigenvalue weighted by atomic mass is 32.1. The Morgan fingerprint density at radius 1 is 1.24 bits per heavy atom. The number of nitrogens with zero attached hydrogens (tertiary/aromatic N) is 2. The number of aromatic nitrogens is 1. The number of hydrogen-bond donors (Lipinski definition) is 0. The molecule has 5 heteroatoms. The van der Waals surface area contributed by atoms with Crippen LogP contribution in [-0.4, -0.2) is 29.6 Å². The predicted molar refractivity (Wildman–Crippen MR) is 81.9 cm³/mol. The number of ether oxygens (including phenoxy) is 2. The van der Waals surface area contributed by atoms with E-state index in [4.69, 9.17) is 9.47 Å². The molecule has 0 N–H and O–H groups in total. The van der Waals surface area contributed by atoms with E-state index >= 15 is 0 Å². The molecule has 0 radical (unpaired) electrons. The second-order valence-corrected chi connectivity index (χ2v) is 6.40. The summed E-state index contributed by atoms with van der Waals surface area (Å²) in [4.78, 5) is 7.01. The van der Waals surface area contributed by atoms with Crippen molar-refractivity contribution in [3.8, 4) is 11.5 Å². The Labute approximate surface area is 128 Å². The first kappa shape index (κ1) is 13.1. The van der Waals surface area contributed by atoms with E-state index in [9.17, 15) is 0 Å². The summed E-state index contributed by atoms with van der Waals surface area (Å²) in [6.45, 7) is 3.37. The molecule has 1 atom stereocenters. The fraction of sp³-hybridized carbons (Fsp3) is 0.438. The molecule has 2 aliphatic rings. The van der Waals surface area contributed by atoms with Crippen molar-refractivity contribution in [2.24, 2.45) is 0 Å². The van der Waals surface area contributed by atoms with E-state index in [-0.39, 0.29) is 0 Å². The van der Waals surface area contributed by atoms with Gasteiger partial charge in [-0.1, -0.05) is 6.07 Å². The van der Waals surface area contributed by atoms with Crippen molar-refractivity contribution in [1.82, 2.24) is 9.88 Å². The number of benzene rings is 1. The molecule has 3 heterocycles. The summed E-state index contributed by atoms with van der Waals surface area (Å²) in [6, 6.07) is 6.76. The van der Waals surface area contributed by atoms with Crippen molar-refractivity contribution in [3.63, 3.8) is 0 Å². The van der Waals surface area contributed by atoms with Crippen LogP contribution in [-0.2, 0) is 6.54 Å². The van der Waals surface area contributed by atoms with E-state index < -0.39 is 0 Å². The van der Waals surface area contributed by atoms with Crippen molar-refractivity contribution in [2.75, 3.05) is 19.8 Å². The summed E-state index contributed by atoms with van der Waals surface area (Å²) in [5, 5.41) is 3.31. The van der Waals surface area contributed by atoms with Crippen LogP contribution in [0.3, 0.4) is 0 Å². The average Bonchev–Trinajstić information content (AvgIpc) is 3.18. The minimum absolute atomic E-state index is 0.471. The monoisotopic (exact) mass is 302 g/mol. The molecule has 1 saturated heterocycles. The summed E-state index contributed by atoms with van der Waals surface area (Å²) < 4.78 is 11.3. The Kier molecular flexibility index (Phi) is 3.53. The summed E-state index contributed by atoms with van der Waals surface area (Å²) in [6.07, 6.45) is 4.35. The molecule has 1 fully saturated rings. The maximum absolute atomic E-state index is 5.67. The maximum Gasteiger partial charge on any atom is 0.161 e. The van der Waals surface area contributed by atoms with Gasteiger partial charge in [0.2, 0.25) is 0 Å². The molecule has 1 aromatic heterocycles. The lowest BCUT2D eigenvalue weighted by Crippen LogP contribution is -2.23. The molecule has 0 unspecified atom stereocenters. The van der Waals surface area contributed by atoms with E-state index in [2.05, 4.69) is 27.4 Å². The number of thiazole rings is 1. The van der Waals surface area contributed by atoms with Gasteiger partial charge in [0, 0.05) is 18.1 Å². The SMILES string of the molecule is c1csc([C@@H]2CCCN2Cc2ccc3c(c2)OCCO3)n1. The maximum atomic E-state index is 5.67. The van der Waals surface area contributed by atoms with Gasteiger partial charge in [0.15, 0.2) is 11.5 Å². The van der Waals surface area contributed by atoms with E-state index in [0.29, 0.717) is 19.3 Å². The zero-order valence-corrected chi connectivity index (χ0v) is 12.6. The van der Waals surface area contributed by atoms with E-state index in [1.165, 1.54) is 23.4 Å². The lowest BCUT2D eigenvalue weighted by Gasteiger charge is -2.24. The molecular formula is C16H18N2O2S. The molecule has 21 heavy (non-hydrogen) atoms. The summed E-state index contributed by atoms with van der Waals surface area (Å²) >= 11 is 1.76. The highest BCUT2D eigenvalue weighted by Crippen LogP contribution is 2.36. The van der Waals surface area contributed by atoms with Gasteiger partial charge in [-0.25, -0.2) is 4.98 Å². The molecule has 0 amide bonds. The highest BCUT2D eigenvalue weighted by Gasteiger charge is 2.28. The molecular weight excluding hydrogens is 284 g/mol. The zero-order valence-electron chi connectivity index (χ0n) is 11.8. The minimum atomic E-state index is 0.471. The third kappa shape index (κ3) is 2.63. The molecule has 0 aliphatic carbocycles. The van der Waals surface area contributed by atoms with Gasteiger partial charge in [-0.2, -0.15) is 0 Å². The van der Waals surface area contributed by atoms with Crippen molar-refractivity contribution >= 4 is 11.3 Å². The fourth-order valence-electron chi connectivity index (χ4n) is 3.11. The fourth-order valence-corrected chi connectivity index (χ4v) is 3.92. The first-order valence-corrected chi connectivity index (χ1v) is 8.30. The summed E-state index contributed by atoms with van der Waals surface area (Å²) in [5.41, 5.74) is 1.28. The van der Waals surface area contributed by atoms with Gasteiger partial charge in [-0.15, -0.1) is 11.3 Å². The zero-order chi connectivity index (χ0) is 14.1. The van der Waals surface area contributed by atoms with Crippen LogP contribution in [0.1, 0.15) is 29.5 Å². The molecule has 4 rings (SSSR count). The van der Waals surface area contributed by atoms with E-state index in [0.717, 1.165) is 24.6 Å². The molecule has 2 aliphatic heterocycles. The molecule has 1 aromatic carbocycles. The molecule has 4 nitrogen and oxygen atoms in total.